The fourth-order valence-electron chi connectivity index (χ4n) is 19.8. The third-order valence-electron chi connectivity index (χ3n) is 27.0. The molecule has 0 unspecified atom stereocenters. The van der Waals surface area contributed by atoms with E-state index in [2.05, 4.69) is 300 Å². The van der Waals surface area contributed by atoms with E-state index in [9.17, 15) is 0 Å². The molecule has 24 heteroatoms. The molecule has 0 aliphatic carbocycles. The number of benzene rings is 12. The maximum Gasteiger partial charge on any atom is 2.00 e. The van der Waals surface area contributed by atoms with Gasteiger partial charge in [-0.05, 0) is 155 Å². The third kappa shape index (κ3) is 21.1. The molecule has 24 aromatic rings. The van der Waals surface area contributed by atoms with E-state index in [1.165, 1.54) is 82.8 Å². The molecule has 4 fully saturated rings. The standard InChI is InChI=1S/C33H26N4O.C32H24N4O.C31H22N4O.C30H20N4O.4Pt/c1-6-19-36(20-7-1)26-16-18-34-32(23-26)37-30-12-3-2-11-28(30)29-15-14-25(22-31(29)37)24-9-8-10-27(21-24)38-33-13-4-5-17-35-33;1-2-11-29-27(10-1)28-14-13-24(23-8-7-9-26(20-23)37-32-12-3-4-16-34-32)21-30(28)36(29)31-22-25(15-17-33-31)35-18-5-6-19-35;1-2-10-28-26(9-1)27-13-12-23(22-7-5-8-25(19-22)36-31-11-3-4-15-33-31)20-29(27)35(28)30-21-24(14-16-32-30)34-17-6-18-34;1-2-9-27-25(8-1)26-12-11-22(21-6-5-7-24(18-21)35-30-10-3-4-14-32-30)19-28(26)34(27)29-20-23(13-15-31-29)33-16-17-33;;;;/h2-5,8-18,23H,1,6-7,19-20H2;1-4,7-17,22H,5-6,18-19H2;1-5,7-16,21H,6,17-18H2;1-15,20H,16-17H2;;;;/q4*-2;4*+2. The molecule has 12 aromatic heterocycles. The second kappa shape index (κ2) is 45.5. The Bertz CT molecular complexity index is 8930. The number of anilines is 4. The van der Waals surface area contributed by atoms with E-state index >= 15 is 0 Å². The van der Waals surface area contributed by atoms with Gasteiger partial charge in [-0.2, -0.15) is 97.1 Å². The summed E-state index contributed by atoms with van der Waals surface area (Å²) in [6.07, 6.45) is 22.0. The largest absolute Gasteiger partial charge is 2.00 e. The summed E-state index contributed by atoms with van der Waals surface area (Å²) in [5, 5.41) is 9.32. The van der Waals surface area contributed by atoms with E-state index in [0.717, 1.165) is 186 Å². The van der Waals surface area contributed by atoms with E-state index in [1.54, 1.807) is 24.8 Å². The molecule has 0 N–H and O–H groups in total. The summed E-state index contributed by atoms with van der Waals surface area (Å²) in [4.78, 5) is 45.8. The van der Waals surface area contributed by atoms with Crippen molar-refractivity contribution in [2.24, 2.45) is 0 Å². The van der Waals surface area contributed by atoms with Gasteiger partial charge in [-0.15, -0.1) is 72.8 Å². The maximum absolute atomic E-state index is 5.94. The molecule has 12 aromatic carbocycles. The minimum absolute atomic E-state index is 0. The first kappa shape index (κ1) is 100. The van der Waals surface area contributed by atoms with Crippen molar-refractivity contribution >= 4 is 110 Å². The number of fused-ring (bicyclic) bond motifs is 12. The van der Waals surface area contributed by atoms with Crippen molar-refractivity contribution in [2.75, 3.05) is 72.0 Å². The molecule has 150 heavy (non-hydrogen) atoms. The Balaban J connectivity index is 0.000000116. The quantitative estimate of drug-likeness (QED) is 0.0520. The van der Waals surface area contributed by atoms with Crippen LogP contribution in [-0.2, 0) is 84.3 Å². The summed E-state index contributed by atoms with van der Waals surface area (Å²) in [6.45, 7) is 8.77. The molecule has 0 spiro atoms. The molecule has 0 radical (unpaired) electrons. The van der Waals surface area contributed by atoms with Crippen LogP contribution in [0.3, 0.4) is 0 Å². The molecule has 28 rings (SSSR count). The van der Waals surface area contributed by atoms with Crippen LogP contribution in [0.4, 0.5) is 22.7 Å². The van der Waals surface area contributed by atoms with Crippen LogP contribution in [0.5, 0.6) is 46.5 Å². The predicted molar refractivity (Wildman–Crippen MR) is 581 cm³/mol. The topological polar surface area (TPSA) is 172 Å². The zero-order valence-corrected chi connectivity index (χ0v) is 90.0. The van der Waals surface area contributed by atoms with E-state index in [-0.39, 0.29) is 84.3 Å². The Labute approximate surface area is 925 Å². The molecule has 4 aliphatic rings. The molecule has 16 heterocycles. The van der Waals surface area contributed by atoms with Crippen LogP contribution in [0.15, 0.2) is 389 Å². The van der Waals surface area contributed by atoms with Gasteiger partial charge in [0.2, 0.25) is 23.5 Å². The van der Waals surface area contributed by atoms with Crippen molar-refractivity contribution in [3.63, 3.8) is 0 Å². The van der Waals surface area contributed by atoms with Crippen molar-refractivity contribution in [2.45, 2.75) is 38.5 Å². The van der Waals surface area contributed by atoms with Crippen LogP contribution in [0.2, 0.25) is 0 Å². The zero-order chi connectivity index (χ0) is 97.0. The van der Waals surface area contributed by atoms with Crippen LogP contribution in [-0.4, -0.2) is 110 Å². The Morgan fingerprint density at radius 3 is 0.653 bits per heavy atom. The summed E-state index contributed by atoms with van der Waals surface area (Å²) < 4.78 is 32.6. The van der Waals surface area contributed by atoms with Gasteiger partial charge in [0.05, 0.1) is 0 Å². The summed E-state index contributed by atoms with van der Waals surface area (Å²) in [6, 6.07) is 142. The minimum Gasteiger partial charge on any atom is -0.460 e. The Kier molecular flexibility index (Phi) is 30.4. The number of hydrogen-bond donors (Lipinski definition) is 0. The van der Waals surface area contributed by atoms with Crippen LogP contribution in [0.1, 0.15) is 38.5 Å². The predicted octanol–water partition coefficient (Wildman–Crippen LogP) is 28.1. The van der Waals surface area contributed by atoms with Crippen molar-refractivity contribution < 1.29 is 103 Å². The zero-order valence-electron chi connectivity index (χ0n) is 80.9. The van der Waals surface area contributed by atoms with Crippen LogP contribution in [0, 0.1) is 48.5 Å². The van der Waals surface area contributed by atoms with Crippen LogP contribution in [0.25, 0.3) is 155 Å². The Morgan fingerprint density at radius 1 is 0.180 bits per heavy atom. The minimum atomic E-state index is 0. The Hall–Kier alpha value is -15.8. The van der Waals surface area contributed by atoms with Crippen molar-refractivity contribution in [3.8, 4) is 114 Å². The van der Waals surface area contributed by atoms with Gasteiger partial charge in [-0.25, -0.2) is 84.4 Å². The van der Waals surface area contributed by atoms with Gasteiger partial charge >= 0.3 is 84.3 Å². The van der Waals surface area contributed by atoms with E-state index in [1.807, 2.05) is 170 Å². The molecular weight excluding hydrogens is 2580 g/mol. The number of pyridine rings is 8. The van der Waals surface area contributed by atoms with E-state index in [0.29, 0.717) is 46.5 Å². The number of para-hydroxylation sites is 4. The molecule has 20 nitrogen and oxygen atoms in total. The third-order valence-corrected chi connectivity index (χ3v) is 27.0. The number of aromatic nitrogens is 12. The van der Waals surface area contributed by atoms with E-state index < -0.39 is 0 Å². The first-order chi connectivity index (χ1) is 72.3. The summed E-state index contributed by atoms with van der Waals surface area (Å²) in [7, 11) is 0. The molecule has 0 saturated carbocycles. The summed E-state index contributed by atoms with van der Waals surface area (Å²) >= 11 is 0. The second-order valence-corrected chi connectivity index (χ2v) is 36.3. The smallest absolute Gasteiger partial charge is 0.460 e. The number of piperidine rings is 1. The first-order valence-electron chi connectivity index (χ1n) is 49.5. The van der Waals surface area contributed by atoms with Crippen molar-refractivity contribution in [3.05, 3.63) is 438 Å². The molecular formula is C126H92N16O4Pt4. The van der Waals surface area contributed by atoms with Gasteiger partial charge in [-0.1, -0.05) is 119 Å². The monoisotopic (exact) mass is 2670 g/mol. The molecule has 740 valence electrons. The van der Waals surface area contributed by atoms with Crippen LogP contribution < -0.4 is 38.5 Å². The van der Waals surface area contributed by atoms with Gasteiger partial charge in [-0.3, -0.25) is 0 Å². The fraction of sp³-hybridized carbons (Fsp3) is 0.111. The van der Waals surface area contributed by atoms with Crippen molar-refractivity contribution in [1.82, 2.24) is 58.1 Å². The maximum atomic E-state index is 5.94. The van der Waals surface area contributed by atoms with Crippen molar-refractivity contribution in [1.29, 1.82) is 0 Å². The number of hydrogen-bond acceptors (Lipinski definition) is 16. The van der Waals surface area contributed by atoms with Gasteiger partial charge in [0, 0.05) is 218 Å². The number of rotatable bonds is 20. The Morgan fingerprint density at radius 2 is 0.413 bits per heavy atom. The van der Waals surface area contributed by atoms with E-state index in [4.69, 9.17) is 38.9 Å². The van der Waals surface area contributed by atoms with Crippen LogP contribution >= 0.6 is 0 Å². The van der Waals surface area contributed by atoms with Gasteiger partial charge in [0.15, 0.2) is 0 Å². The molecule has 4 saturated heterocycles. The average Bonchev–Trinajstić information content (AvgIpc) is 1.60. The molecule has 0 bridgehead atoms. The SMILES string of the molecule is [Pt+2].[Pt+2].[Pt+2].[Pt+2].[c-]1c(Oc2ccccn2)cccc1-c1[c-]c2c(cc1)c1ccccc1n2-c1cc(N2CC2)ccn1.[c-]1c(Oc2ccccn2)cccc1-c1[c-]c2c(cc1)c1ccccc1n2-c1cc(N2CCC2)ccn1.[c-]1c(Oc2ccccn2)cccc1-c1[c-]c2c(cc1)c1ccccc1n2-c1cc(N2CCCC2)ccn1.[c-]1c(Oc2ccccn2)cccc1-c1[c-]c2c(cc1)c1ccccc1n2-c1cc(N2CCCCC2)ccn1. The second-order valence-electron chi connectivity index (χ2n) is 36.3. The summed E-state index contributed by atoms with van der Waals surface area (Å²) in [5.41, 5.74) is 20.7. The number of ether oxygens (including phenoxy) is 4. The van der Waals surface area contributed by atoms with Gasteiger partial charge < -0.3 is 56.8 Å². The molecule has 4 aliphatic heterocycles. The average molecular weight is 2670 g/mol. The molecule has 0 amide bonds. The molecule has 0 atom stereocenters. The fourth-order valence-corrected chi connectivity index (χ4v) is 19.8. The normalized spacial score (nSPS) is 13.0. The van der Waals surface area contributed by atoms with Gasteiger partial charge in [0.1, 0.15) is 23.3 Å². The first-order valence-corrected chi connectivity index (χ1v) is 49.5. The number of nitrogens with zero attached hydrogens (tertiary/aromatic N) is 16. The summed E-state index contributed by atoms with van der Waals surface area (Å²) in [5.74, 6) is 8.23. The van der Waals surface area contributed by atoms with Gasteiger partial charge in [0.25, 0.3) is 0 Å².